The van der Waals surface area contributed by atoms with E-state index in [1.165, 1.54) is 6.07 Å². The molecule has 4 aromatic heterocycles. The first kappa shape index (κ1) is 40.3. The lowest BCUT2D eigenvalue weighted by Gasteiger charge is -2.08. The summed E-state index contributed by atoms with van der Waals surface area (Å²) in [7, 11) is 0. The fourth-order valence-corrected chi connectivity index (χ4v) is 4.62. The van der Waals surface area contributed by atoms with Gasteiger partial charge < -0.3 is 29.9 Å². The highest BCUT2D eigenvalue weighted by atomic mass is 16.4. The molecule has 0 unspecified atom stereocenters. The van der Waals surface area contributed by atoms with E-state index in [-0.39, 0.29) is 33.8 Å². The third kappa shape index (κ3) is 9.77. The molecule has 6 rings (SSSR count). The Balaban J connectivity index is 0.000000204. The molecular weight excluding hydrogens is 664 g/mol. The van der Waals surface area contributed by atoms with Gasteiger partial charge in [0.1, 0.15) is 22.5 Å². The summed E-state index contributed by atoms with van der Waals surface area (Å²) < 4.78 is 5.35. The zero-order valence-corrected chi connectivity index (χ0v) is 31.6. The SMILES string of the molecule is Cc1nc(C)c(C)nc1C.Cc1nc(C)c(C)nc1C.Cc1nc(C)c(C)nc1C.O=c1c(O)c(-c2ccc(O)c(O)c2)oc2cc(O)cc(O)c12. The van der Waals surface area contributed by atoms with Crippen molar-refractivity contribution in [1.29, 1.82) is 0 Å². The van der Waals surface area contributed by atoms with E-state index >= 15 is 0 Å². The zero-order valence-electron chi connectivity index (χ0n) is 31.6. The topological polar surface area (TPSA) is 209 Å². The summed E-state index contributed by atoms with van der Waals surface area (Å²) in [5.74, 6) is -2.71. The van der Waals surface area contributed by atoms with Crippen molar-refractivity contribution in [2.24, 2.45) is 0 Å². The molecule has 13 nitrogen and oxygen atoms in total. The zero-order chi connectivity index (χ0) is 39.2. The van der Waals surface area contributed by atoms with Crippen molar-refractivity contribution < 1.29 is 29.9 Å². The minimum atomic E-state index is -0.888. The third-order valence-corrected chi connectivity index (χ3v) is 8.33. The van der Waals surface area contributed by atoms with Crippen LogP contribution in [0.15, 0.2) is 39.5 Å². The van der Waals surface area contributed by atoms with Crippen LogP contribution < -0.4 is 5.43 Å². The van der Waals surface area contributed by atoms with E-state index < -0.39 is 22.7 Å². The van der Waals surface area contributed by atoms with Crippen LogP contribution in [0.3, 0.4) is 0 Å². The van der Waals surface area contributed by atoms with Gasteiger partial charge in [-0.1, -0.05) is 0 Å². The van der Waals surface area contributed by atoms with Crippen LogP contribution in [0.4, 0.5) is 0 Å². The van der Waals surface area contributed by atoms with Crippen LogP contribution in [0.25, 0.3) is 22.3 Å². The minimum Gasteiger partial charge on any atom is -0.508 e. The monoisotopic (exact) mass is 710 g/mol. The second-order valence-corrected chi connectivity index (χ2v) is 12.3. The third-order valence-electron chi connectivity index (χ3n) is 8.33. The lowest BCUT2D eigenvalue weighted by atomic mass is 10.1. The molecule has 52 heavy (non-hydrogen) atoms. The Morgan fingerprint density at radius 1 is 0.442 bits per heavy atom. The number of aryl methyl sites for hydroxylation is 12. The predicted octanol–water partition coefficient (Wildman–Crippen LogP) is 7.12. The average Bonchev–Trinajstić information content (AvgIpc) is 3.06. The number of benzene rings is 2. The normalized spacial score (nSPS) is 10.4. The molecule has 0 atom stereocenters. The molecule has 0 aliphatic rings. The van der Waals surface area contributed by atoms with Crippen LogP contribution in [0.1, 0.15) is 68.3 Å². The number of phenolic OH excluding ortho intramolecular Hbond substituents is 4. The molecule has 0 saturated carbocycles. The van der Waals surface area contributed by atoms with Gasteiger partial charge in [-0.3, -0.25) is 34.7 Å². The molecule has 0 radical (unpaired) electrons. The van der Waals surface area contributed by atoms with Crippen LogP contribution in [-0.2, 0) is 0 Å². The Morgan fingerprint density at radius 3 is 1.12 bits per heavy atom. The lowest BCUT2D eigenvalue weighted by Crippen LogP contribution is -2.02. The summed E-state index contributed by atoms with van der Waals surface area (Å²) in [4.78, 5) is 38.0. The maximum absolute atomic E-state index is 12.1. The molecule has 13 heteroatoms. The van der Waals surface area contributed by atoms with Crippen molar-refractivity contribution in [3.63, 3.8) is 0 Å². The van der Waals surface area contributed by atoms with E-state index in [9.17, 15) is 30.3 Å². The van der Waals surface area contributed by atoms with Gasteiger partial charge in [0.2, 0.25) is 11.2 Å². The number of fused-ring (bicyclic) bond motifs is 1. The molecule has 6 aromatic rings. The van der Waals surface area contributed by atoms with E-state index in [2.05, 4.69) is 29.9 Å². The maximum atomic E-state index is 12.1. The quantitative estimate of drug-likeness (QED) is 0.108. The Labute approximate surface area is 302 Å². The largest absolute Gasteiger partial charge is 0.508 e. The van der Waals surface area contributed by atoms with Crippen molar-refractivity contribution in [3.05, 3.63) is 109 Å². The van der Waals surface area contributed by atoms with Crippen LogP contribution in [-0.4, -0.2) is 55.4 Å². The average molecular weight is 711 g/mol. The molecule has 0 bridgehead atoms. The minimum absolute atomic E-state index is 0.134. The molecule has 274 valence electrons. The second kappa shape index (κ2) is 16.7. The van der Waals surface area contributed by atoms with Crippen molar-refractivity contribution >= 4 is 11.0 Å². The molecule has 0 aliphatic carbocycles. The van der Waals surface area contributed by atoms with Crippen molar-refractivity contribution in [2.75, 3.05) is 0 Å². The molecule has 0 saturated heterocycles. The van der Waals surface area contributed by atoms with Gasteiger partial charge in [0, 0.05) is 17.7 Å². The van der Waals surface area contributed by atoms with Crippen molar-refractivity contribution in [3.8, 4) is 40.1 Å². The number of aromatic nitrogens is 6. The van der Waals surface area contributed by atoms with E-state index in [0.717, 1.165) is 92.6 Å². The smallest absolute Gasteiger partial charge is 0.238 e. The maximum Gasteiger partial charge on any atom is 0.238 e. The van der Waals surface area contributed by atoms with Gasteiger partial charge in [0.05, 0.1) is 68.3 Å². The number of rotatable bonds is 1. The number of phenols is 4. The van der Waals surface area contributed by atoms with Gasteiger partial charge in [0.15, 0.2) is 17.3 Å². The summed E-state index contributed by atoms with van der Waals surface area (Å²) in [6.45, 7) is 23.8. The Hall–Kier alpha value is -6.11. The van der Waals surface area contributed by atoms with E-state index in [0.29, 0.717) is 0 Å². The highest BCUT2D eigenvalue weighted by molar-refractivity contribution is 5.88. The number of nitrogens with zero attached hydrogens (tertiary/aromatic N) is 6. The summed E-state index contributed by atoms with van der Waals surface area (Å²) in [6.07, 6.45) is 0. The molecule has 2 aromatic carbocycles. The molecular formula is C39H46N6O7. The molecule has 0 aliphatic heterocycles. The van der Waals surface area contributed by atoms with Gasteiger partial charge in [0.25, 0.3) is 0 Å². The van der Waals surface area contributed by atoms with Gasteiger partial charge >= 0.3 is 0 Å². The summed E-state index contributed by atoms with van der Waals surface area (Å²) in [5.41, 5.74) is 11.5. The highest BCUT2D eigenvalue weighted by Crippen LogP contribution is 2.37. The fraction of sp³-hybridized carbons (Fsp3) is 0.308. The summed E-state index contributed by atoms with van der Waals surface area (Å²) in [5, 5.41) is 47.6. The Kier molecular flexibility index (Phi) is 13.0. The first-order chi connectivity index (χ1) is 24.2. The summed E-state index contributed by atoms with van der Waals surface area (Å²) >= 11 is 0. The van der Waals surface area contributed by atoms with Gasteiger partial charge in [-0.05, 0) is 101 Å². The number of hydrogen-bond acceptors (Lipinski definition) is 13. The van der Waals surface area contributed by atoms with Crippen LogP contribution >= 0.6 is 0 Å². The predicted molar refractivity (Wildman–Crippen MR) is 199 cm³/mol. The first-order valence-corrected chi connectivity index (χ1v) is 16.3. The number of hydrogen-bond donors (Lipinski definition) is 5. The van der Waals surface area contributed by atoms with Gasteiger partial charge in [-0.25, -0.2) is 0 Å². The van der Waals surface area contributed by atoms with Gasteiger partial charge in [-0.2, -0.15) is 0 Å². The molecule has 4 heterocycles. The Bertz CT molecular complexity index is 2040. The number of aromatic hydroxyl groups is 5. The molecule has 0 amide bonds. The van der Waals surface area contributed by atoms with E-state index in [1.54, 1.807) is 0 Å². The lowest BCUT2D eigenvalue weighted by molar-refractivity contribution is 0.403. The van der Waals surface area contributed by atoms with Crippen molar-refractivity contribution in [2.45, 2.75) is 83.1 Å². The Morgan fingerprint density at radius 2 is 0.788 bits per heavy atom. The summed E-state index contributed by atoms with van der Waals surface area (Å²) in [6, 6.07) is 5.64. The molecule has 0 spiro atoms. The van der Waals surface area contributed by atoms with Crippen LogP contribution in [0.5, 0.6) is 28.7 Å². The standard InChI is InChI=1S/C15H10O7.3C8H12N2/c16-7-4-10(19)12-11(5-7)22-15(14(21)13(12)20)6-1-2-8(17)9(18)3-6;3*1-5-6(2)10-8(4)7(3)9-5/h1-5,16-19,21H;3*1-4H3. The van der Waals surface area contributed by atoms with Gasteiger partial charge in [-0.15, -0.1) is 0 Å². The van der Waals surface area contributed by atoms with Crippen molar-refractivity contribution in [1.82, 2.24) is 29.9 Å². The fourth-order valence-electron chi connectivity index (χ4n) is 4.62. The van der Waals surface area contributed by atoms with E-state index in [4.69, 9.17) is 4.42 Å². The molecule has 0 fully saturated rings. The second-order valence-electron chi connectivity index (χ2n) is 12.3. The van der Waals surface area contributed by atoms with Crippen LogP contribution in [0, 0.1) is 83.1 Å². The molecule has 5 N–H and O–H groups in total. The van der Waals surface area contributed by atoms with Crippen LogP contribution in [0.2, 0.25) is 0 Å². The first-order valence-electron chi connectivity index (χ1n) is 16.3. The van der Waals surface area contributed by atoms with E-state index in [1.807, 2.05) is 83.1 Å². The highest BCUT2D eigenvalue weighted by Gasteiger charge is 2.19.